The van der Waals surface area contributed by atoms with Gasteiger partial charge in [0, 0.05) is 6.20 Å². The fourth-order valence-electron chi connectivity index (χ4n) is 1.16. The molecule has 1 rings (SSSR count). The third-order valence-electron chi connectivity index (χ3n) is 2.00. The smallest absolute Gasteiger partial charge is 0.339 e. The van der Waals surface area contributed by atoms with Gasteiger partial charge in [-0.05, 0) is 18.2 Å². The number of nitriles is 2. The van der Waals surface area contributed by atoms with Crippen molar-refractivity contribution in [2.45, 2.75) is 0 Å². The van der Waals surface area contributed by atoms with Gasteiger partial charge < -0.3 is 10.1 Å². The zero-order valence-corrected chi connectivity index (χ0v) is 9.40. The summed E-state index contributed by atoms with van der Waals surface area (Å²) in [5, 5.41) is 19.6. The number of hydrogen-bond donors (Lipinski definition) is 1. The minimum Gasteiger partial charge on any atom is -0.465 e. The van der Waals surface area contributed by atoms with Gasteiger partial charge in [0.25, 0.3) is 0 Å². The summed E-state index contributed by atoms with van der Waals surface area (Å²) in [6.07, 6.45) is 1.08. The van der Waals surface area contributed by atoms with Crippen molar-refractivity contribution in [2.75, 3.05) is 12.4 Å². The fourth-order valence-corrected chi connectivity index (χ4v) is 1.16. The number of methoxy groups -OCH3 is 1. The molecule has 6 heteroatoms. The van der Waals surface area contributed by atoms with Crippen LogP contribution in [0.2, 0.25) is 0 Å². The molecular formula is C12H8FN3O2. The number of nitrogens with zero attached hydrogens (tertiary/aromatic N) is 2. The van der Waals surface area contributed by atoms with Crippen LogP contribution in [0.4, 0.5) is 10.1 Å². The molecule has 0 unspecified atom stereocenters. The Balaban J connectivity index is 3.12. The second kappa shape index (κ2) is 6.02. The maximum absolute atomic E-state index is 13.1. The van der Waals surface area contributed by atoms with Crippen LogP contribution in [0.1, 0.15) is 10.4 Å². The summed E-state index contributed by atoms with van der Waals surface area (Å²) in [6.45, 7) is 0. The predicted octanol–water partition coefficient (Wildman–Crippen LogP) is 1.96. The fraction of sp³-hybridized carbons (Fsp3) is 0.0833. The number of carbonyl (C=O) groups excluding carboxylic acids is 1. The second-order valence-electron chi connectivity index (χ2n) is 3.11. The molecule has 0 aliphatic carbocycles. The van der Waals surface area contributed by atoms with Gasteiger partial charge in [0.15, 0.2) is 0 Å². The average molecular weight is 245 g/mol. The van der Waals surface area contributed by atoms with Crippen LogP contribution in [0.25, 0.3) is 0 Å². The Morgan fingerprint density at radius 1 is 1.44 bits per heavy atom. The van der Waals surface area contributed by atoms with Crippen molar-refractivity contribution >= 4 is 11.7 Å². The third kappa shape index (κ3) is 3.06. The zero-order valence-electron chi connectivity index (χ0n) is 9.40. The van der Waals surface area contributed by atoms with E-state index >= 15 is 0 Å². The zero-order chi connectivity index (χ0) is 13.5. The highest BCUT2D eigenvalue weighted by Crippen LogP contribution is 2.18. The summed E-state index contributed by atoms with van der Waals surface area (Å²) >= 11 is 0. The Hall–Kier alpha value is -2.86. The van der Waals surface area contributed by atoms with E-state index < -0.39 is 11.8 Å². The lowest BCUT2D eigenvalue weighted by atomic mass is 10.1. The number of anilines is 1. The summed E-state index contributed by atoms with van der Waals surface area (Å²) < 4.78 is 17.6. The molecule has 0 heterocycles. The van der Waals surface area contributed by atoms with Gasteiger partial charge in [0.1, 0.15) is 23.5 Å². The monoisotopic (exact) mass is 245 g/mol. The molecule has 0 saturated heterocycles. The van der Waals surface area contributed by atoms with Gasteiger partial charge >= 0.3 is 5.97 Å². The Morgan fingerprint density at radius 3 is 2.67 bits per heavy atom. The standard InChI is InChI=1S/C12H8FN3O2/c1-18-12(17)10-3-2-9(13)4-11(10)16-7-8(5-14)6-15/h2-4,7,16H,1H3. The van der Waals surface area contributed by atoms with Gasteiger partial charge in [-0.2, -0.15) is 10.5 Å². The number of ether oxygens (including phenoxy) is 1. The maximum Gasteiger partial charge on any atom is 0.339 e. The Kier molecular flexibility index (Phi) is 4.42. The first-order valence-electron chi connectivity index (χ1n) is 4.77. The highest BCUT2D eigenvalue weighted by molar-refractivity contribution is 5.95. The van der Waals surface area contributed by atoms with Crippen LogP contribution in [-0.2, 0) is 4.74 Å². The van der Waals surface area contributed by atoms with Crippen LogP contribution in [0.3, 0.4) is 0 Å². The van der Waals surface area contributed by atoms with Gasteiger partial charge in [-0.25, -0.2) is 9.18 Å². The van der Waals surface area contributed by atoms with Crippen molar-refractivity contribution in [1.29, 1.82) is 10.5 Å². The lowest BCUT2D eigenvalue weighted by Gasteiger charge is -2.07. The summed E-state index contributed by atoms with van der Waals surface area (Å²) in [7, 11) is 1.20. The number of nitrogens with one attached hydrogen (secondary N) is 1. The van der Waals surface area contributed by atoms with Crippen LogP contribution in [0.15, 0.2) is 30.0 Å². The molecule has 0 aliphatic rings. The van der Waals surface area contributed by atoms with Gasteiger partial charge in [-0.3, -0.25) is 0 Å². The highest BCUT2D eigenvalue weighted by atomic mass is 19.1. The van der Waals surface area contributed by atoms with E-state index in [4.69, 9.17) is 10.5 Å². The normalized spacial score (nSPS) is 8.67. The summed E-state index contributed by atoms with van der Waals surface area (Å²) in [6, 6.07) is 6.67. The molecule has 0 spiro atoms. The largest absolute Gasteiger partial charge is 0.465 e. The van der Waals surface area contributed by atoms with Crippen molar-refractivity contribution in [1.82, 2.24) is 0 Å². The second-order valence-corrected chi connectivity index (χ2v) is 3.11. The molecule has 0 radical (unpaired) electrons. The van der Waals surface area contributed by atoms with Crippen molar-refractivity contribution < 1.29 is 13.9 Å². The molecule has 0 saturated carbocycles. The lowest BCUT2D eigenvalue weighted by Crippen LogP contribution is -2.06. The number of benzene rings is 1. The Bertz CT molecular complexity index is 566. The SMILES string of the molecule is COC(=O)c1ccc(F)cc1NC=C(C#N)C#N. The van der Waals surface area contributed by atoms with E-state index in [1.165, 1.54) is 13.2 Å². The highest BCUT2D eigenvalue weighted by Gasteiger charge is 2.12. The van der Waals surface area contributed by atoms with Crippen LogP contribution in [0, 0.1) is 28.5 Å². The minimum absolute atomic E-state index is 0.102. The molecule has 5 nitrogen and oxygen atoms in total. The van der Waals surface area contributed by atoms with E-state index in [0.29, 0.717) is 0 Å². The van der Waals surface area contributed by atoms with Gasteiger partial charge in [0.05, 0.1) is 18.4 Å². The first-order chi connectivity index (χ1) is 8.62. The maximum atomic E-state index is 13.1. The van der Waals surface area contributed by atoms with Crippen molar-refractivity contribution in [2.24, 2.45) is 0 Å². The molecule has 0 atom stereocenters. The number of hydrogen-bond acceptors (Lipinski definition) is 5. The average Bonchev–Trinajstić information content (AvgIpc) is 2.39. The number of rotatable bonds is 3. The molecule has 18 heavy (non-hydrogen) atoms. The van der Waals surface area contributed by atoms with Crippen LogP contribution in [-0.4, -0.2) is 13.1 Å². The van der Waals surface area contributed by atoms with E-state index in [1.54, 1.807) is 12.1 Å². The third-order valence-corrected chi connectivity index (χ3v) is 2.00. The molecule has 1 aromatic carbocycles. The molecule has 0 amide bonds. The van der Waals surface area contributed by atoms with Crippen LogP contribution in [0.5, 0.6) is 0 Å². The van der Waals surface area contributed by atoms with E-state index in [0.717, 1.165) is 18.3 Å². The van der Waals surface area contributed by atoms with E-state index in [1.807, 2.05) is 0 Å². The Morgan fingerprint density at radius 2 is 2.11 bits per heavy atom. The van der Waals surface area contributed by atoms with Crippen LogP contribution >= 0.6 is 0 Å². The molecular weight excluding hydrogens is 237 g/mol. The number of carbonyl (C=O) groups is 1. The predicted molar refractivity (Wildman–Crippen MR) is 60.7 cm³/mol. The van der Waals surface area contributed by atoms with Gasteiger partial charge in [-0.1, -0.05) is 0 Å². The number of halogens is 1. The first kappa shape index (κ1) is 13.2. The number of allylic oxidation sites excluding steroid dienone is 1. The molecule has 90 valence electrons. The molecule has 0 bridgehead atoms. The van der Waals surface area contributed by atoms with Crippen molar-refractivity contribution in [3.63, 3.8) is 0 Å². The van der Waals surface area contributed by atoms with Crippen molar-refractivity contribution in [3.05, 3.63) is 41.4 Å². The number of esters is 1. The first-order valence-corrected chi connectivity index (χ1v) is 4.77. The molecule has 1 aromatic rings. The summed E-state index contributed by atoms with van der Waals surface area (Å²) in [5.41, 5.74) is 0.0188. The molecule has 0 aliphatic heterocycles. The Labute approximate surface area is 103 Å². The molecule has 1 N–H and O–H groups in total. The summed E-state index contributed by atoms with van der Waals surface area (Å²) in [5.74, 6) is -1.21. The van der Waals surface area contributed by atoms with Crippen LogP contribution < -0.4 is 5.32 Å². The minimum atomic E-state index is -0.652. The van der Waals surface area contributed by atoms with Gasteiger partial charge in [0.2, 0.25) is 0 Å². The summed E-state index contributed by atoms with van der Waals surface area (Å²) in [4.78, 5) is 11.4. The molecule has 0 aromatic heterocycles. The van der Waals surface area contributed by atoms with E-state index in [2.05, 4.69) is 10.1 Å². The van der Waals surface area contributed by atoms with Gasteiger partial charge in [-0.15, -0.1) is 0 Å². The van der Waals surface area contributed by atoms with E-state index in [-0.39, 0.29) is 16.8 Å². The quantitative estimate of drug-likeness (QED) is 0.649. The topological polar surface area (TPSA) is 85.9 Å². The van der Waals surface area contributed by atoms with E-state index in [9.17, 15) is 9.18 Å². The van der Waals surface area contributed by atoms with Crippen molar-refractivity contribution in [3.8, 4) is 12.1 Å². The molecule has 0 fully saturated rings. The lowest BCUT2D eigenvalue weighted by molar-refractivity contribution is 0.0602.